The van der Waals surface area contributed by atoms with Crippen LogP contribution in [-0.4, -0.2) is 49.5 Å². The maximum Gasteiger partial charge on any atom is 0.127 e. The molecule has 0 unspecified atom stereocenters. The Bertz CT molecular complexity index is 392. The van der Waals surface area contributed by atoms with Crippen molar-refractivity contribution in [3.05, 3.63) is 18.3 Å². The van der Waals surface area contributed by atoms with E-state index in [0.717, 1.165) is 11.5 Å². The second-order valence-corrected chi connectivity index (χ2v) is 4.84. The number of nitrogens with one attached hydrogen (secondary N) is 1. The standard InChI is InChI=1S/C13H21N3O2/c1-14-12-9-11(3-6-15-12)16(2)10-13(17)4-7-18-8-5-13/h3,6,9,17H,4-5,7-8,10H2,1-2H3,(H,14,15). The molecule has 2 rings (SSSR count). The van der Waals surface area contributed by atoms with Crippen LogP contribution in [0.3, 0.4) is 0 Å². The van der Waals surface area contributed by atoms with Crippen molar-refractivity contribution in [2.24, 2.45) is 0 Å². The zero-order valence-electron chi connectivity index (χ0n) is 11.0. The van der Waals surface area contributed by atoms with Gasteiger partial charge >= 0.3 is 0 Å². The Kier molecular flexibility index (Phi) is 4.04. The van der Waals surface area contributed by atoms with E-state index in [1.54, 1.807) is 6.20 Å². The van der Waals surface area contributed by atoms with Crippen LogP contribution in [0.15, 0.2) is 18.3 Å². The molecule has 2 heterocycles. The summed E-state index contributed by atoms with van der Waals surface area (Å²) in [5.74, 6) is 0.832. The molecule has 0 amide bonds. The first-order valence-corrected chi connectivity index (χ1v) is 6.28. The molecule has 0 atom stereocenters. The van der Waals surface area contributed by atoms with Crippen molar-refractivity contribution in [1.29, 1.82) is 0 Å². The molecule has 0 aliphatic carbocycles. The Hall–Kier alpha value is -1.33. The van der Waals surface area contributed by atoms with E-state index in [4.69, 9.17) is 4.74 Å². The average Bonchev–Trinajstić information content (AvgIpc) is 2.39. The van der Waals surface area contributed by atoms with Gasteiger partial charge in [0.1, 0.15) is 5.82 Å². The van der Waals surface area contributed by atoms with Crippen LogP contribution < -0.4 is 10.2 Å². The number of pyridine rings is 1. The van der Waals surface area contributed by atoms with Crippen LogP contribution in [0.5, 0.6) is 0 Å². The molecule has 1 aromatic rings. The van der Waals surface area contributed by atoms with Crippen LogP contribution >= 0.6 is 0 Å². The van der Waals surface area contributed by atoms with Gasteiger partial charge in [-0.1, -0.05) is 0 Å². The highest BCUT2D eigenvalue weighted by Crippen LogP contribution is 2.24. The van der Waals surface area contributed by atoms with Crippen LogP contribution in [-0.2, 0) is 4.74 Å². The van der Waals surface area contributed by atoms with Gasteiger partial charge in [0.25, 0.3) is 0 Å². The summed E-state index contributed by atoms with van der Waals surface area (Å²) in [5, 5.41) is 13.5. The normalized spacial score (nSPS) is 18.4. The number of hydrogen-bond acceptors (Lipinski definition) is 5. The predicted molar refractivity (Wildman–Crippen MR) is 72.1 cm³/mol. The van der Waals surface area contributed by atoms with Gasteiger partial charge < -0.3 is 20.1 Å². The van der Waals surface area contributed by atoms with E-state index in [2.05, 4.69) is 15.2 Å². The van der Waals surface area contributed by atoms with Crippen molar-refractivity contribution in [2.45, 2.75) is 18.4 Å². The maximum absolute atomic E-state index is 10.5. The molecule has 1 fully saturated rings. The summed E-state index contributed by atoms with van der Waals surface area (Å²) in [6.07, 6.45) is 3.16. The Balaban J connectivity index is 2.03. The van der Waals surface area contributed by atoms with E-state index in [9.17, 15) is 5.11 Å². The number of anilines is 2. The van der Waals surface area contributed by atoms with E-state index >= 15 is 0 Å². The maximum atomic E-state index is 10.5. The summed E-state index contributed by atoms with van der Waals surface area (Å²) in [6, 6.07) is 3.92. The van der Waals surface area contributed by atoms with Crippen molar-refractivity contribution in [3.8, 4) is 0 Å². The summed E-state index contributed by atoms with van der Waals surface area (Å²) in [4.78, 5) is 6.25. The summed E-state index contributed by atoms with van der Waals surface area (Å²) >= 11 is 0. The second kappa shape index (κ2) is 5.54. The smallest absolute Gasteiger partial charge is 0.127 e. The van der Waals surface area contributed by atoms with Gasteiger partial charge in [-0.15, -0.1) is 0 Å². The predicted octanol–water partition coefficient (Wildman–Crippen LogP) is 1.10. The SMILES string of the molecule is CNc1cc(N(C)CC2(O)CCOCC2)ccn1. The van der Waals surface area contributed by atoms with Gasteiger partial charge in [-0.2, -0.15) is 0 Å². The van der Waals surface area contributed by atoms with E-state index in [1.807, 2.05) is 26.2 Å². The number of nitrogens with zero attached hydrogens (tertiary/aromatic N) is 2. The third-order valence-corrected chi connectivity index (χ3v) is 3.40. The zero-order chi connectivity index (χ0) is 13.0. The summed E-state index contributed by atoms with van der Waals surface area (Å²) in [6.45, 7) is 1.90. The molecule has 0 aromatic carbocycles. The fourth-order valence-electron chi connectivity index (χ4n) is 2.24. The quantitative estimate of drug-likeness (QED) is 0.839. The number of aromatic nitrogens is 1. The molecular formula is C13H21N3O2. The Morgan fingerprint density at radius 1 is 1.50 bits per heavy atom. The fourth-order valence-corrected chi connectivity index (χ4v) is 2.24. The molecule has 2 N–H and O–H groups in total. The highest BCUT2D eigenvalue weighted by Gasteiger charge is 2.31. The third kappa shape index (κ3) is 3.11. The lowest BCUT2D eigenvalue weighted by Crippen LogP contribution is -2.45. The molecule has 5 nitrogen and oxygen atoms in total. The molecule has 0 spiro atoms. The summed E-state index contributed by atoms with van der Waals surface area (Å²) in [7, 11) is 3.83. The fraction of sp³-hybridized carbons (Fsp3) is 0.615. The second-order valence-electron chi connectivity index (χ2n) is 4.84. The highest BCUT2D eigenvalue weighted by molar-refractivity contribution is 5.53. The van der Waals surface area contributed by atoms with Gasteiger partial charge in [0, 0.05) is 64.6 Å². The van der Waals surface area contributed by atoms with Gasteiger partial charge in [-0.25, -0.2) is 4.98 Å². The van der Waals surface area contributed by atoms with Crippen molar-refractivity contribution in [3.63, 3.8) is 0 Å². The molecule has 18 heavy (non-hydrogen) atoms. The van der Waals surface area contributed by atoms with Gasteiger partial charge in [-0.3, -0.25) is 0 Å². The van der Waals surface area contributed by atoms with Gasteiger partial charge in [0.05, 0.1) is 5.60 Å². The molecule has 0 radical (unpaired) electrons. The molecule has 1 aliphatic rings. The molecule has 100 valence electrons. The number of ether oxygens (including phenoxy) is 1. The number of likely N-dealkylation sites (N-methyl/N-ethyl adjacent to an activating group) is 1. The highest BCUT2D eigenvalue weighted by atomic mass is 16.5. The lowest BCUT2D eigenvalue weighted by molar-refractivity contribution is -0.0572. The summed E-state index contributed by atoms with van der Waals surface area (Å²) in [5.41, 5.74) is 0.407. The Morgan fingerprint density at radius 2 is 2.22 bits per heavy atom. The molecule has 0 bridgehead atoms. The van der Waals surface area contributed by atoms with Crippen LogP contribution in [0, 0.1) is 0 Å². The minimum atomic E-state index is -0.643. The molecule has 1 aliphatic heterocycles. The minimum absolute atomic E-state index is 0.615. The lowest BCUT2D eigenvalue weighted by Gasteiger charge is -2.36. The Labute approximate surface area is 108 Å². The molecule has 0 saturated carbocycles. The van der Waals surface area contributed by atoms with Crippen molar-refractivity contribution in [2.75, 3.05) is 44.1 Å². The van der Waals surface area contributed by atoms with Crippen molar-refractivity contribution >= 4 is 11.5 Å². The Morgan fingerprint density at radius 3 is 2.89 bits per heavy atom. The van der Waals surface area contributed by atoms with Crippen molar-refractivity contribution in [1.82, 2.24) is 4.98 Å². The average molecular weight is 251 g/mol. The molecule has 1 saturated heterocycles. The monoisotopic (exact) mass is 251 g/mol. The van der Waals surface area contributed by atoms with Crippen LogP contribution in [0.4, 0.5) is 11.5 Å². The first-order chi connectivity index (χ1) is 8.63. The molecule has 1 aromatic heterocycles. The topological polar surface area (TPSA) is 57.6 Å². The number of rotatable bonds is 4. The first-order valence-electron chi connectivity index (χ1n) is 6.28. The molecule has 5 heteroatoms. The lowest BCUT2D eigenvalue weighted by atomic mass is 9.94. The van der Waals surface area contributed by atoms with Crippen LogP contribution in [0.25, 0.3) is 0 Å². The zero-order valence-corrected chi connectivity index (χ0v) is 11.0. The molecular weight excluding hydrogens is 230 g/mol. The van der Waals surface area contributed by atoms with Gasteiger partial charge in [-0.05, 0) is 6.07 Å². The first kappa shape index (κ1) is 13.1. The van der Waals surface area contributed by atoms with E-state index in [1.165, 1.54) is 0 Å². The number of hydrogen-bond donors (Lipinski definition) is 2. The largest absolute Gasteiger partial charge is 0.388 e. The van der Waals surface area contributed by atoms with E-state index in [0.29, 0.717) is 32.6 Å². The minimum Gasteiger partial charge on any atom is -0.388 e. The van der Waals surface area contributed by atoms with Gasteiger partial charge in [0.2, 0.25) is 0 Å². The number of aliphatic hydroxyl groups is 1. The van der Waals surface area contributed by atoms with Crippen LogP contribution in [0.1, 0.15) is 12.8 Å². The van der Waals surface area contributed by atoms with Crippen LogP contribution in [0.2, 0.25) is 0 Å². The summed E-state index contributed by atoms with van der Waals surface area (Å²) < 4.78 is 5.29. The van der Waals surface area contributed by atoms with E-state index in [-0.39, 0.29) is 0 Å². The van der Waals surface area contributed by atoms with Gasteiger partial charge in [0.15, 0.2) is 0 Å². The van der Waals surface area contributed by atoms with Crippen molar-refractivity contribution < 1.29 is 9.84 Å². The third-order valence-electron chi connectivity index (χ3n) is 3.40. The van der Waals surface area contributed by atoms with E-state index < -0.39 is 5.60 Å².